The first-order valence-corrected chi connectivity index (χ1v) is 9.04. The molecule has 134 valence electrons. The van der Waals surface area contributed by atoms with Crippen molar-refractivity contribution in [3.8, 4) is 0 Å². The minimum Gasteiger partial charge on any atom is -0.369 e. The van der Waals surface area contributed by atoms with Crippen molar-refractivity contribution in [2.75, 3.05) is 13.1 Å². The maximum Gasteiger partial charge on any atom is 0.222 e. The van der Waals surface area contributed by atoms with Crippen LogP contribution in [0.15, 0.2) is 36.5 Å². The van der Waals surface area contributed by atoms with Crippen molar-refractivity contribution in [2.24, 2.45) is 11.7 Å². The van der Waals surface area contributed by atoms with E-state index >= 15 is 0 Å². The van der Waals surface area contributed by atoms with Gasteiger partial charge in [0.15, 0.2) is 0 Å². The van der Waals surface area contributed by atoms with Crippen LogP contribution < -0.4 is 5.73 Å². The Morgan fingerprint density at radius 2 is 1.92 bits per heavy atom. The van der Waals surface area contributed by atoms with Crippen LogP contribution in [0.4, 0.5) is 0 Å². The molecule has 1 fully saturated rings. The summed E-state index contributed by atoms with van der Waals surface area (Å²) >= 11 is 0. The van der Waals surface area contributed by atoms with Crippen molar-refractivity contribution in [3.05, 3.63) is 42.2 Å². The number of nitrogens with two attached hydrogens (primary N) is 1. The molecule has 3 heterocycles. The maximum atomic E-state index is 12.4. The van der Waals surface area contributed by atoms with Gasteiger partial charge >= 0.3 is 0 Å². The molecule has 1 aliphatic rings. The number of nitrogens with one attached hydrogen (secondary N) is 1. The number of rotatable bonds is 4. The molecular formula is C20H22N4O2. The van der Waals surface area contributed by atoms with Crippen LogP contribution in [-0.4, -0.2) is 39.8 Å². The monoisotopic (exact) mass is 350 g/mol. The van der Waals surface area contributed by atoms with Gasteiger partial charge in [0.05, 0.1) is 11.7 Å². The van der Waals surface area contributed by atoms with Crippen LogP contribution in [0.1, 0.15) is 25.0 Å². The summed E-state index contributed by atoms with van der Waals surface area (Å²) in [6.45, 7) is 1.22. The van der Waals surface area contributed by atoms with E-state index in [2.05, 4.69) is 22.1 Å². The van der Waals surface area contributed by atoms with Gasteiger partial charge in [-0.3, -0.25) is 14.6 Å². The number of piperidine rings is 1. The summed E-state index contributed by atoms with van der Waals surface area (Å²) in [6.07, 6.45) is 4.22. The summed E-state index contributed by atoms with van der Waals surface area (Å²) in [5.41, 5.74) is 8.37. The minimum absolute atomic E-state index is 0.0926. The molecule has 0 bridgehead atoms. The fraction of sp³-hybridized carbons (Fsp3) is 0.350. The summed E-state index contributed by atoms with van der Waals surface area (Å²) in [7, 11) is 0. The lowest BCUT2D eigenvalue weighted by atomic mass is 9.96. The molecule has 1 aliphatic heterocycles. The van der Waals surface area contributed by atoms with E-state index in [1.807, 2.05) is 29.3 Å². The highest BCUT2D eigenvalue weighted by Crippen LogP contribution is 2.25. The van der Waals surface area contributed by atoms with Crippen LogP contribution in [-0.2, 0) is 16.0 Å². The topological polar surface area (TPSA) is 92.1 Å². The van der Waals surface area contributed by atoms with E-state index in [1.165, 1.54) is 5.39 Å². The van der Waals surface area contributed by atoms with Gasteiger partial charge in [-0.2, -0.15) is 0 Å². The largest absolute Gasteiger partial charge is 0.369 e. The molecule has 6 nitrogen and oxygen atoms in total. The summed E-state index contributed by atoms with van der Waals surface area (Å²) in [4.78, 5) is 33.4. The Morgan fingerprint density at radius 3 is 2.69 bits per heavy atom. The second-order valence-corrected chi connectivity index (χ2v) is 6.95. The van der Waals surface area contributed by atoms with Gasteiger partial charge < -0.3 is 15.6 Å². The van der Waals surface area contributed by atoms with E-state index in [0.717, 1.165) is 22.1 Å². The summed E-state index contributed by atoms with van der Waals surface area (Å²) in [6, 6.07) is 10.2. The Morgan fingerprint density at radius 1 is 1.15 bits per heavy atom. The lowest BCUT2D eigenvalue weighted by Gasteiger charge is -2.30. The predicted molar refractivity (Wildman–Crippen MR) is 100 cm³/mol. The zero-order valence-electron chi connectivity index (χ0n) is 14.6. The Bertz CT molecular complexity index is 970. The van der Waals surface area contributed by atoms with E-state index in [-0.39, 0.29) is 17.7 Å². The minimum atomic E-state index is -0.256. The number of para-hydroxylation sites is 1. The molecule has 26 heavy (non-hydrogen) atoms. The number of carbonyl (C=O) groups excluding carboxylic acids is 2. The van der Waals surface area contributed by atoms with E-state index in [9.17, 15) is 9.59 Å². The molecule has 0 spiro atoms. The lowest BCUT2D eigenvalue weighted by Crippen LogP contribution is -2.41. The van der Waals surface area contributed by atoms with Crippen LogP contribution in [0.5, 0.6) is 0 Å². The molecule has 4 rings (SSSR count). The number of nitrogens with zero attached hydrogens (tertiary/aromatic N) is 2. The molecule has 1 aromatic carbocycles. The van der Waals surface area contributed by atoms with Crippen LogP contribution in [0.2, 0.25) is 0 Å². The average Bonchev–Trinajstić information content (AvgIpc) is 3.04. The second-order valence-electron chi connectivity index (χ2n) is 6.95. The van der Waals surface area contributed by atoms with Crippen LogP contribution in [0.25, 0.3) is 21.8 Å². The number of amides is 2. The van der Waals surface area contributed by atoms with Gasteiger partial charge in [0.1, 0.15) is 0 Å². The number of H-pyrrole nitrogens is 1. The summed E-state index contributed by atoms with van der Waals surface area (Å²) in [5.74, 6) is -0.230. The molecule has 6 heteroatoms. The summed E-state index contributed by atoms with van der Waals surface area (Å²) < 4.78 is 0. The number of aromatic nitrogens is 2. The third-order valence-electron chi connectivity index (χ3n) is 5.29. The fourth-order valence-corrected chi connectivity index (χ4v) is 3.74. The second kappa shape index (κ2) is 6.78. The molecule has 3 aromatic rings. The highest BCUT2D eigenvalue weighted by Gasteiger charge is 2.25. The number of benzene rings is 1. The van der Waals surface area contributed by atoms with Gasteiger partial charge in [-0.05, 0) is 31.4 Å². The quantitative estimate of drug-likeness (QED) is 0.756. The number of likely N-dealkylation sites (tertiary alicyclic amines) is 1. The lowest BCUT2D eigenvalue weighted by molar-refractivity contribution is -0.134. The maximum absolute atomic E-state index is 12.4. The number of pyridine rings is 1. The Hall–Kier alpha value is -2.89. The van der Waals surface area contributed by atoms with Gasteiger partial charge in [-0.1, -0.05) is 18.2 Å². The predicted octanol–water partition coefficient (Wildman–Crippen LogP) is 2.37. The molecule has 0 radical (unpaired) electrons. The number of hydrogen-bond acceptors (Lipinski definition) is 3. The van der Waals surface area contributed by atoms with Crippen molar-refractivity contribution in [3.63, 3.8) is 0 Å². The molecule has 2 amide bonds. The van der Waals surface area contributed by atoms with Crippen LogP contribution in [0, 0.1) is 5.92 Å². The van der Waals surface area contributed by atoms with Crippen LogP contribution in [0.3, 0.4) is 0 Å². The SMILES string of the molecule is NC(=O)C1CCN(C(=O)CCc2cc3c(cn2)[nH]c2ccccc23)CC1. The van der Waals surface area contributed by atoms with E-state index in [4.69, 9.17) is 5.73 Å². The van der Waals surface area contributed by atoms with Crippen molar-refractivity contribution in [1.82, 2.24) is 14.9 Å². The molecule has 3 N–H and O–H groups in total. The first-order chi connectivity index (χ1) is 12.6. The number of aryl methyl sites for hydroxylation is 1. The van der Waals surface area contributed by atoms with Crippen molar-refractivity contribution >= 4 is 33.6 Å². The molecule has 1 saturated heterocycles. The summed E-state index contributed by atoms with van der Waals surface area (Å²) in [5, 5.41) is 2.31. The highest BCUT2D eigenvalue weighted by atomic mass is 16.2. The van der Waals surface area contributed by atoms with Crippen LogP contribution >= 0.6 is 0 Å². The molecule has 0 atom stereocenters. The standard InChI is InChI=1S/C20H22N4O2/c21-20(26)13-7-9-24(10-8-13)19(25)6-5-14-11-16-15-3-1-2-4-17(15)23-18(16)12-22-14/h1-4,11-13,23H,5-10H2,(H2,21,26). The number of fused-ring (bicyclic) bond motifs is 3. The molecule has 0 saturated carbocycles. The van der Waals surface area contributed by atoms with E-state index in [0.29, 0.717) is 38.8 Å². The van der Waals surface area contributed by atoms with Gasteiger partial charge in [0.2, 0.25) is 11.8 Å². The van der Waals surface area contributed by atoms with Gasteiger partial charge in [-0.15, -0.1) is 0 Å². The van der Waals surface area contributed by atoms with Crippen molar-refractivity contribution in [1.29, 1.82) is 0 Å². The zero-order chi connectivity index (χ0) is 18.1. The first kappa shape index (κ1) is 16.6. The van der Waals surface area contributed by atoms with E-state index in [1.54, 1.807) is 0 Å². The fourth-order valence-electron chi connectivity index (χ4n) is 3.74. The van der Waals surface area contributed by atoms with Crippen molar-refractivity contribution < 1.29 is 9.59 Å². The van der Waals surface area contributed by atoms with Gasteiger partial charge in [0, 0.05) is 47.4 Å². The van der Waals surface area contributed by atoms with Gasteiger partial charge in [0.25, 0.3) is 0 Å². The molecule has 0 unspecified atom stereocenters. The normalized spacial score (nSPS) is 15.6. The highest BCUT2D eigenvalue weighted by molar-refractivity contribution is 6.06. The smallest absolute Gasteiger partial charge is 0.222 e. The molecule has 0 aliphatic carbocycles. The zero-order valence-corrected chi connectivity index (χ0v) is 14.6. The molecule has 2 aromatic heterocycles. The Kier molecular flexibility index (Phi) is 4.32. The van der Waals surface area contributed by atoms with Gasteiger partial charge in [-0.25, -0.2) is 0 Å². The van der Waals surface area contributed by atoms with Crippen molar-refractivity contribution in [2.45, 2.75) is 25.7 Å². The number of primary amides is 1. The Labute approximate surface area is 151 Å². The molecular weight excluding hydrogens is 328 g/mol. The first-order valence-electron chi connectivity index (χ1n) is 9.04. The number of carbonyl (C=O) groups is 2. The number of aromatic amines is 1. The van der Waals surface area contributed by atoms with E-state index < -0.39 is 0 Å². The Balaban J connectivity index is 1.42. The number of hydrogen-bond donors (Lipinski definition) is 2. The average molecular weight is 350 g/mol. The third-order valence-corrected chi connectivity index (χ3v) is 5.29. The third kappa shape index (κ3) is 3.14.